The van der Waals surface area contributed by atoms with E-state index >= 15 is 0 Å². The summed E-state index contributed by atoms with van der Waals surface area (Å²) in [6, 6.07) is 9.34. The van der Waals surface area contributed by atoms with E-state index in [4.69, 9.17) is 16.3 Å². The van der Waals surface area contributed by atoms with Crippen LogP contribution in [0.3, 0.4) is 0 Å². The topological polar surface area (TPSA) is 98.9 Å². The number of nitrogens with zero attached hydrogens (tertiary/aromatic N) is 5. The van der Waals surface area contributed by atoms with Gasteiger partial charge in [0.2, 0.25) is 5.95 Å². The number of halogens is 1. The lowest BCUT2D eigenvalue weighted by atomic mass is 10.0. The van der Waals surface area contributed by atoms with Crippen LogP contribution >= 0.6 is 11.6 Å². The van der Waals surface area contributed by atoms with Gasteiger partial charge < -0.3 is 15.4 Å². The molecule has 0 aliphatic carbocycles. The molecule has 1 atom stereocenters. The molecule has 1 aromatic carbocycles. The van der Waals surface area contributed by atoms with E-state index in [-0.39, 0.29) is 11.7 Å². The van der Waals surface area contributed by atoms with Crippen molar-refractivity contribution in [1.29, 1.82) is 0 Å². The number of aryl methyl sites for hydroxylation is 1. The number of benzene rings is 1. The number of aromatic nitrogens is 5. The minimum atomic E-state index is -0.176. The Bertz CT molecular complexity index is 1380. The van der Waals surface area contributed by atoms with E-state index < -0.39 is 0 Å². The molecule has 9 nitrogen and oxygen atoms in total. The maximum absolute atomic E-state index is 13.7. The van der Waals surface area contributed by atoms with Gasteiger partial charge in [0.15, 0.2) is 0 Å². The molecule has 1 fully saturated rings. The molecule has 1 saturated heterocycles. The summed E-state index contributed by atoms with van der Waals surface area (Å²) in [6.45, 7) is 2.45. The number of hydrogen-bond donors (Lipinski definition) is 2. The molecule has 10 heteroatoms. The molecule has 170 valence electrons. The molecule has 4 aromatic rings. The number of fused-ring (bicyclic) bond motifs is 1. The number of rotatable bonds is 5. The first-order valence-corrected chi connectivity index (χ1v) is 11.1. The monoisotopic (exact) mass is 465 g/mol. The van der Waals surface area contributed by atoms with Gasteiger partial charge in [-0.3, -0.25) is 14.0 Å². The van der Waals surface area contributed by atoms with Crippen molar-refractivity contribution in [3.63, 3.8) is 0 Å². The van der Waals surface area contributed by atoms with Crippen LogP contribution in [0, 0.1) is 0 Å². The number of pyridine rings is 1. The fourth-order valence-electron chi connectivity index (χ4n) is 4.04. The first-order chi connectivity index (χ1) is 16.0. The molecule has 33 heavy (non-hydrogen) atoms. The van der Waals surface area contributed by atoms with E-state index in [1.54, 1.807) is 28.6 Å². The van der Waals surface area contributed by atoms with Gasteiger partial charge >= 0.3 is 0 Å². The molecule has 1 unspecified atom stereocenters. The molecule has 0 amide bonds. The first-order valence-electron chi connectivity index (χ1n) is 10.7. The smallest absolute Gasteiger partial charge is 0.260 e. The number of anilines is 1. The maximum atomic E-state index is 13.7. The Morgan fingerprint density at radius 2 is 2.15 bits per heavy atom. The first kappa shape index (κ1) is 21.6. The Morgan fingerprint density at radius 1 is 1.27 bits per heavy atom. The maximum Gasteiger partial charge on any atom is 0.260 e. The van der Waals surface area contributed by atoms with E-state index in [2.05, 4.69) is 25.7 Å². The van der Waals surface area contributed by atoms with Crippen molar-refractivity contribution in [2.24, 2.45) is 7.05 Å². The summed E-state index contributed by atoms with van der Waals surface area (Å²) in [4.78, 5) is 22.6. The highest BCUT2D eigenvalue weighted by atomic mass is 35.5. The zero-order valence-electron chi connectivity index (χ0n) is 18.4. The second-order valence-electron chi connectivity index (χ2n) is 7.96. The van der Waals surface area contributed by atoms with Crippen molar-refractivity contribution >= 4 is 28.6 Å². The van der Waals surface area contributed by atoms with Gasteiger partial charge in [0.05, 0.1) is 24.9 Å². The Labute approximate surface area is 195 Å². The van der Waals surface area contributed by atoms with Crippen LogP contribution in [0.2, 0.25) is 5.02 Å². The quantitative estimate of drug-likeness (QED) is 0.467. The average molecular weight is 466 g/mol. The predicted molar refractivity (Wildman–Crippen MR) is 129 cm³/mol. The largest absolute Gasteiger partial charge is 0.374 e. The summed E-state index contributed by atoms with van der Waals surface area (Å²) in [5.74, 6) is 0.448. The van der Waals surface area contributed by atoms with Gasteiger partial charge in [0, 0.05) is 66.7 Å². The summed E-state index contributed by atoms with van der Waals surface area (Å²) < 4.78 is 9.26. The van der Waals surface area contributed by atoms with Gasteiger partial charge in [-0.05, 0) is 18.2 Å². The zero-order valence-corrected chi connectivity index (χ0v) is 19.1. The van der Waals surface area contributed by atoms with Gasteiger partial charge in [0.1, 0.15) is 5.65 Å². The SMILES string of the molecule is CNc1ncc2cc(-c3ccc(-c4ccn(C)n4)cc3Cl)c(=O)n(CC3CNCCO3)c2n1. The third-order valence-corrected chi connectivity index (χ3v) is 6.02. The summed E-state index contributed by atoms with van der Waals surface area (Å²) in [7, 11) is 3.61. The molecule has 0 spiro atoms. The van der Waals surface area contributed by atoms with Crippen LogP contribution in [0.25, 0.3) is 33.4 Å². The van der Waals surface area contributed by atoms with Crippen LogP contribution in [-0.2, 0) is 18.3 Å². The molecule has 0 bridgehead atoms. The Balaban J connectivity index is 1.63. The number of morpholine rings is 1. The van der Waals surface area contributed by atoms with Gasteiger partial charge in [-0.1, -0.05) is 23.7 Å². The number of ether oxygens (including phenoxy) is 1. The zero-order chi connectivity index (χ0) is 22.9. The van der Waals surface area contributed by atoms with Crippen molar-refractivity contribution in [1.82, 2.24) is 29.6 Å². The van der Waals surface area contributed by atoms with E-state index in [0.29, 0.717) is 47.4 Å². The van der Waals surface area contributed by atoms with Crippen LogP contribution in [-0.4, -0.2) is 57.2 Å². The Morgan fingerprint density at radius 3 is 2.85 bits per heavy atom. The highest BCUT2D eigenvalue weighted by Crippen LogP contribution is 2.31. The van der Waals surface area contributed by atoms with Gasteiger partial charge in [-0.15, -0.1) is 0 Å². The molecule has 0 radical (unpaired) electrons. The van der Waals surface area contributed by atoms with Crippen LogP contribution < -0.4 is 16.2 Å². The fraction of sp³-hybridized carbons (Fsp3) is 0.304. The summed E-state index contributed by atoms with van der Waals surface area (Å²) in [5.41, 5.74) is 3.22. The van der Waals surface area contributed by atoms with Crippen molar-refractivity contribution in [2.75, 3.05) is 32.1 Å². The minimum absolute atomic E-state index is 0.134. The molecular formula is C23H24ClN7O2. The predicted octanol–water partition coefficient (Wildman–Crippen LogP) is 2.54. The van der Waals surface area contributed by atoms with E-state index in [9.17, 15) is 4.79 Å². The van der Waals surface area contributed by atoms with Gasteiger partial charge in [0.25, 0.3) is 5.56 Å². The van der Waals surface area contributed by atoms with Crippen molar-refractivity contribution in [3.05, 3.63) is 58.1 Å². The number of hydrogen-bond acceptors (Lipinski definition) is 7. The molecule has 0 saturated carbocycles. The number of nitrogens with one attached hydrogen (secondary N) is 2. The van der Waals surface area contributed by atoms with E-state index in [0.717, 1.165) is 23.2 Å². The molecule has 5 rings (SSSR count). The lowest BCUT2D eigenvalue weighted by Crippen LogP contribution is -2.42. The molecule has 2 N–H and O–H groups in total. The van der Waals surface area contributed by atoms with Crippen molar-refractivity contribution < 1.29 is 4.74 Å². The van der Waals surface area contributed by atoms with E-state index in [1.807, 2.05) is 37.5 Å². The second-order valence-corrected chi connectivity index (χ2v) is 8.37. The average Bonchev–Trinajstić information content (AvgIpc) is 3.27. The van der Waals surface area contributed by atoms with Crippen LogP contribution in [0.1, 0.15) is 0 Å². The third-order valence-electron chi connectivity index (χ3n) is 5.71. The Hall–Kier alpha value is -3.27. The summed E-state index contributed by atoms with van der Waals surface area (Å²) >= 11 is 6.68. The van der Waals surface area contributed by atoms with Crippen LogP contribution in [0.15, 0.2) is 47.5 Å². The molecule has 4 heterocycles. The van der Waals surface area contributed by atoms with Crippen LogP contribution in [0.5, 0.6) is 0 Å². The normalized spacial score (nSPS) is 16.3. The summed E-state index contributed by atoms with van der Waals surface area (Å²) in [5, 5.41) is 11.9. The lowest BCUT2D eigenvalue weighted by molar-refractivity contribution is 0.0183. The molecule has 1 aliphatic heterocycles. The highest BCUT2D eigenvalue weighted by Gasteiger charge is 2.20. The molecule has 3 aromatic heterocycles. The Kier molecular flexibility index (Phi) is 5.84. The highest BCUT2D eigenvalue weighted by molar-refractivity contribution is 6.33. The van der Waals surface area contributed by atoms with Gasteiger partial charge in [-0.2, -0.15) is 10.1 Å². The molecular weight excluding hydrogens is 442 g/mol. The standard InChI is InChI=1S/C23H24ClN7O2/c1-25-23-27-11-15-9-18(17-4-3-14(10-19(17)24)20-5-7-30(2)29-20)22(32)31(21(15)28-23)13-16-12-26-6-8-33-16/h3-5,7,9-11,16,26H,6,8,12-13H2,1-2H3,(H,25,27,28). The molecule has 1 aliphatic rings. The van der Waals surface area contributed by atoms with Crippen molar-refractivity contribution in [2.45, 2.75) is 12.6 Å². The van der Waals surface area contributed by atoms with E-state index in [1.165, 1.54) is 0 Å². The fourth-order valence-corrected chi connectivity index (χ4v) is 4.33. The summed E-state index contributed by atoms with van der Waals surface area (Å²) in [6.07, 6.45) is 3.45. The minimum Gasteiger partial charge on any atom is -0.374 e. The van der Waals surface area contributed by atoms with Crippen LogP contribution in [0.4, 0.5) is 5.95 Å². The lowest BCUT2D eigenvalue weighted by Gasteiger charge is -2.25. The third kappa shape index (κ3) is 4.22. The van der Waals surface area contributed by atoms with Crippen molar-refractivity contribution in [3.8, 4) is 22.4 Å². The van der Waals surface area contributed by atoms with Gasteiger partial charge in [-0.25, -0.2) is 4.98 Å². The second kappa shape index (κ2) is 8.93.